The van der Waals surface area contributed by atoms with E-state index in [0.29, 0.717) is 0 Å². The number of hydrogen-bond donors (Lipinski definition) is 0. The Labute approximate surface area is 257 Å². The zero-order chi connectivity index (χ0) is 28.3. The number of nitrogens with zero attached hydrogens (tertiary/aromatic N) is 6. The van der Waals surface area contributed by atoms with E-state index in [9.17, 15) is 0 Å². The first-order valence-corrected chi connectivity index (χ1v) is 16.1. The van der Waals surface area contributed by atoms with Crippen LogP contribution in [0.5, 0.6) is 0 Å². The number of pyridine rings is 4. The van der Waals surface area contributed by atoms with E-state index in [-0.39, 0.29) is 0 Å². The Balaban J connectivity index is 1.11. The quantitative estimate of drug-likeness (QED) is 0.199. The normalized spacial score (nSPS) is 11.7. The molecule has 0 saturated heterocycles. The van der Waals surface area contributed by atoms with Crippen molar-refractivity contribution in [1.82, 2.24) is 29.9 Å². The van der Waals surface area contributed by atoms with Crippen LogP contribution in [0.3, 0.4) is 0 Å². The summed E-state index contributed by atoms with van der Waals surface area (Å²) in [5.74, 6) is 0. The number of thiazole rings is 2. The van der Waals surface area contributed by atoms with E-state index in [0.717, 1.165) is 64.6 Å². The Kier molecular flexibility index (Phi) is 5.62. The summed E-state index contributed by atoms with van der Waals surface area (Å²) in [5, 5.41) is 4.21. The van der Waals surface area contributed by atoms with Gasteiger partial charge in [-0.25, -0.2) is 19.9 Å². The molecule has 7 aromatic heterocycles. The number of fused-ring (bicyclic) bond motifs is 5. The molecule has 9 rings (SSSR count). The molecule has 6 nitrogen and oxygen atoms in total. The van der Waals surface area contributed by atoms with E-state index >= 15 is 0 Å². The predicted octanol–water partition coefficient (Wildman–Crippen LogP) is 9.52. The molecule has 43 heavy (non-hydrogen) atoms. The van der Waals surface area contributed by atoms with Gasteiger partial charge in [0, 0.05) is 32.6 Å². The van der Waals surface area contributed by atoms with E-state index < -0.39 is 0 Å². The maximum Gasteiger partial charge on any atom is 0.143 e. The summed E-state index contributed by atoms with van der Waals surface area (Å²) in [6, 6.07) is 32.7. The van der Waals surface area contributed by atoms with Crippen LogP contribution in [0.4, 0.5) is 0 Å². The zero-order valence-corrected chi connectivity index (χ0v) is 24.7. The molecule has 0 unspecified atom stereocenters. The fraction of sp³-hybridized carbons (Fsp3) is 0. The van der Waals surface area contributed by atoms with Crippen LogP contribution < -0.4 is 0 Å². The van der Waals surface area contributed by atoms with Gasteiger partial charge in [0.05, 0.1) is 54.6 Å². The Morgan fingerprint density at radius 3 is 1.30 bits per heavy atom. The Bertz CT molecular complexity index is 2290. The second-order valence-corrected chi connectivity index (χ2v) is 13.2. The third kappa shape index (κ3) is 4.28. The molecule has 2 aromatic carbocycles. The minimum absolute atomic E-state index is 0.842. The molecule has 202 valence electrons. The minimum Gasteiger partial charge on any atom is -0.255 e. The van der Waals surface area contributed by atoms with Crippen molar-refractivity contribution in [2.24, 2.45) is 0 Å². The summed E-state index contributed by atoms with van der Waals surface area (Å²) < 4.78 is 4.80. The Hall–Kier alpha value is -4.96. The highest BCUT2D eigenvalue weighted by Gasteiger charge is 2.16. The molecule has 0 radical (unpaired) electrons. The fourth-order valence-electron chi connectivity index (χ4n) is 5.26. The third-order valence-electron chi connectivity index (χ3n) is 7.28. The summed E-state index contributed by atoms with van der Waals surface area (Å²) in [6.45, 7) is 0. The molecule has 0 atom stereocenters. The number of rotatable bonds is 4. The molecule has 0 bridgehead atoms. The molecular weight excluding hydrogens is 589 g/mol. The topological polar surface area (TPSA) is 77.3 Å². The van der Waals surface area contributed by atoms with Gasteiger partial charge >= 0.3 is 0 Å². The molecular formula is C34H18N6S3. The van der Waals surface area contributed by atoms with E-state index in [2.05, 4.69) is 34.2 Å². The van der Waals surface area contributed by atoms with Gasteiger partial charge in [-0.05, 0) is 72.8 Å². The van der Waals surface area contributed by atoms with Crippen LogP contribution >= 0.6 is 34.0 Å². The first-order chi connectivity index (χ1) is 21.2. The van der Waals surface area contributed by atoms with Crippen LogP contribution in [0, 0.1) is 0 Å². The minimum atomic E-state index is 0.842. The Morgan fingerprint density at radius 1 is 0.372 bits per heavy atom. The molecule has 0 aliphatic heterocycles. The molecule has 0 N–H and O–H groups in total. The number of thiophene rings is 1. The van der Waals surface area contributed by atoms with Gasteiger partial charge in [-0.2, -0.15) is 0 Å². The van der Waals surface area contributed by atoms with Gasteiger partial charge in [0.1, 0.15) is 10.0 Å². The van der Waals surface area contributed by atoms with E-state index in [1.54, 1.807) is 35.1 Å². The summed E-state index contributed by atoms with van der Waals surface area (Å²) in [5.41, 5.74) is 7.06. The molecule has 7 heterocycles. The third-order valence-corrected chi connectivity index (χ3v) is 10.5. The molecule has 9 heteroatoms. The lowest BCUT2D eigenvalue weighted by molar-refractivity contribution is 1.24. The van der Waals surface area contributed by atoms with Gasteiger partial charge < -0.3 is 0 Å². The van der Waals surface area contributed by atoms with Crippen LogP contribution in [-0.2, 0) is 0 Å². The molecule has 9 aromatic rings. The van der Waals surface area contributed by atoms with Crippen molar-refractivity contribution < 1.29 is 0 Å². The second-order valence-electron chi connectivity index (χ2n) is 10.0. The molecule has 0 fully saturated rings. The largest absolute Gasteiger partial charge is 0.255 e. The van der Waals surface area contributed by atoms with Crippen LogP contribution in [-0.4, -0.2) is 29.9 Å². The lowest BCUT2D eigenvalue weighted by Gasteiger charge is -2.01. The van der Waals surface area contributed by atoms with Crippen molar-refractivity contribution in [1.29, 1.82) is 0 Å². The van der Waals surface area contributed by atoms with Gasteiger partial charge in [-0.3, -0.25) is 9.97 Å². The monoisotopic (exact) mass is 606 g/mol. The average Bonchev–Trinajstić information content (AvgIpc) is 3.78. The summed E-state index contributed by atoms with van der Waals surface area (Å²) in [7, 11) is 0. The van der Waals surface area contributed by atoms with Gasteiger partial charge in [0.25, 0.3) is 0 Å². The highest BCUT2D eigenvalue weighted by molar-refractivity contribution is 7.27. The van der Waals surface area contributed by atoms with Gasteiger partial charge in [-0.15, -0.1) is 34.0 Å². The highest BCUT2D eigenvalue weighted by atomic mass is 32.1. The average molecular weight is 607 g/mol. The molecule has 0 amide bonds. The van der Waals surface area contributed by atoms with Gasteiger partial charge in [0.2, 0.25) is 0 Å². The summed E-state index contributed by atoms with van der Waals surface area (Å²) in [6.07, 6.45) is 3.58. The Morgan fingerprint density at radius 2 is 0.837 bits per heavy atom. The first kappa shape index (κ1) is 24.6. The fourth-order valence-corrected chi connectivity index (χ4v) is 8.47. The van der Waals surface area contributed by atoms with Crippen molar-refractivity contribution in [3.63, 3.8) is 0 Å². The van der Waals surface area contributed by atoms with E-state index in [1.807, 2.05) is 84.1 Å². The molecule has 0 aliphatic rings. The molecule has 0 aliphatic carbocycles. The number of hydrogen-bond acceptors (Lipinski definition) is 9. The smallest absolute Gasteiger partial charge is 0.143 e. The maximum absolute atomic E-state index is 5.01. The van der Waals surface area contributed by atoms with Gasteiger partial charge in [-0.1, -0.05) is 24.3 Å². The predicted molar refractivity (Wildman–Crippen MR) is 179 cm³/mol. The first-order valence-electron chi connectivity index (χ1n) is 13.6. The number of benzene rings is 2. The highest BCUT2D eigenvalue weighted by Crippen LogP contribution is 2.42. The summed E-state index contributed by atoms with van der Waals surface area (Å²) >= 11 is 5.16. The van der Waals surface area contributed by atoms with Crippen LogP contribution in [0.2, 0.25) is 0 Å². The standard InChI is InChI=1S/C34H18N6S3/c1-3-13-35-21(7-1)23-9-5-11-25(37-23)33-39-27-15-19-20-16-28-32(18-30(20)41-29(19)17-31(27)42-33)43-34(40-28)26-12-6-10-24(38-26)22-8-2-4-14-36-22/h1-18H. The van der Waals surface area contributed by atoms with Crippen molar-refractivity contribution in [2.45, 2.75) is 0 Å². The van der Waals surface area contributed by atoms with Gasteiger partial charge in [0.15, 0.2) is 0 Å². The van der Waals surface area contributed by atoms with Crippen molar-refractivity contribution in [3.8, 4) is 44.2 Å². The molecule has 0 spiro atoms. The zero-order valence-electron chi connectivity index (χ0n) is 22.3. The molecule has 0 saturated carbocycles. The van der Waals surface area contributed by atoms with Crippen molar-refractivity contribution >= 4 is 74.6 Å². The second kappa shape index (κ2) is 9.81. The summed E-state index contributed by atoms with van der Waals surface area (Å²) in [4.78, 5) is 28.7. The maximum atomic E-state index is 5.01. The van der Waals surface area contributed by atoms with Crippen molar-refractivity contribution in [3.05, 3.63) is 109 Å². The van der Waals surface area contributed by atoms with Crippen LogP contribution in [0.25, 0.3) is 84.8 Å². The van der Waals surface area contributed by atoms with Crippen LogP contribution in [0.1, 0.15) is 0 Å². The van der Waals surface area contributed by atoms with E-state index in [1.165, 1.54) is 20.2 Å². The van der Waals surface area contributed by atoms with E-state index in [4.69, 9.17) is 19.9 Å². The van der Waals surface area contributed by atoms with Crippen LogP contribution in [0.15, 0.2) is 109 Å². The number of aromatic nitrogens is 6. The SMILES string of the molecule is c1ccc(-c2cccc(-c3nc4cc5c(cc4s3)sc3cc4sc(-c6cccc(-c7ccccn7)n6)nc4cc35)n2)nc1. The van der Waals surface area contributed by atoms with Crippen molar-refractivity contribution in [2.75, 3.05) is 0 Å². The lowest BCUT2D eigenvalue weighted by Crippen LogP contribution is -1.89. The lowest BCUT2D eigenvalue weighted by atomic mass is 10.1.